The van der Waals surface area contributed by atoms with Crippen molar-refractivity contribution in [2.75, 3.05) is 20.7 Å². The van der Waals surface area contributed by atoms with E-state index in [1.807, 2.05) is 21.0 Å². The molecule has 1 aromatic carbocycles. The summed E-state index contributed by atoms with van der Waals surface area (Å²) in [6.07, 6.45) is 0.391. The minimum absolute atomic E-state index is 0.0697. The minimum Gasteiger partial charge on any atom is -0.466 e. The second-order valence-electron chi connectivity index (χ2n) is 5.31. The predicted molar refractivity (Wildman–Crippen MR) is 78.2 cm³/mol. The van der Waals surface area contributed by atoms with Gasteiger partial charge in [0.2, 0.25) is 0 Å². The number of carbonyl (C=O) groups is 1. The fourth-order valence-electron chi connectivity index (χ4n) is 2.08. The number of benzene rings is 1. The summed E-state index contributed by atoms with van der Waals surface area (Å²) in [5.41, 5.74) is 2.47. The highest BCUT2D eigenvalue weighted by Gasteiger charge is 2.19. The third kappa shape index (κ3) is 4.67. The number of esters is 1. The van der Waals surface area contributed by atoms with Crippen LogP contribution in [0.2, 0.25) is 0 Å². The summed E-state index contributed by atoms with van der Waals surface area (Å²) in [6, 6.07) is 8.57. The first kappa shape index (κ1) is 15.7. The number of carbonyl (C=O) groups excluding carboxylic acids is 1. The molecule has 0 radical (unpaired) electrons. The van der Waals surface area contributed by atoms with Gasteiger partial charge < -0.3 is 9.64 Å². The van der Waals surface area contributed by atoms with Crippen molar-refractivity contribution in [3.8, 4) is 0 Å². The standard InChI is InChI=1S/C16H25NO2/c1-6-19-16(18)11-15(17(4)5)14-9-7-13(8-10-14)12(2)3/h7-10,12,15H,6,11H2,1-5H3. The molecule has 1 aromatic rings. The van der Waals surface area contributed by atoms with Crippen molar-refractivity contribution in [1.82, 2.24) is 4.90 Å². The maximum atomic E-state index is 11.7. The highest BCUT2D eigenvalue weighted by atomic mass is 16.5. The highest BCUT2D eigenvalue weighted by Crippen LogP contribution is 2.24. The molecule has 19 heavy (non-hydrogen) atoms. The Hall–Kier alpha value is -1.35. The molecule has 0 heterocycles. The molecule has 0 aromatic heterocycles. The van der Waals surface area contributed by atoms with Gasteiger partial charge in [-0.25, -0.2) is 0 Å². The Kier molecular flexibility index (Phi) is 6.03. The zero-order chi connectivity index (χ0) is 14.4. The molecule has 0 N–H and O–H groups in total. The summed E-state index contributed by atoms with van der Waals surface area (Å²) in [5.74, 6) is 0.381. The van der Waals surface area contributed by atoms with E-state index in [0.717, 1.165) is 5.56 Å². The van der Waals surface area contributed by atoms with Gasteiger partial charge in [-0.15, -0.1) is 0 Å². The second-order valence-corrected chi connectivity index (χ2v) is 5.31. The van der Waals surface area contributed by atoms with Crippen LogP contribution in [0.5, 0.6) is 0 Å². The van der Waals surface area contributed by atoms with Crippen LogP contribution in [0.25, 0.3) is 0 Å². The quantitative estimate of drug-likeness (QED) is 0.737. The van der Waals surface area contributed by atoms with Gasteiger partial charge >= 0.3 is 5.97 Å². The van der Waals surface area contributed by atoms with E-state index in [-0.39, 0.29) is 12.0 Å². The molecule has 0 aliphatic heterocycles. The third-order valence-corrected chi connectivity index (χ3v) is 3.28. The first-order valence-corrected chi connectivity index (χ1v) is 6.87. The van der Waals surface area contributed by atoms with Crippen LogP contribution >= 0.6 is 0 Å². The Balaban J connectivity index is 2.84. The van der Waals surface area contributed by atoms with Crippen LogP contribution in [0.1, 0.15) is 50.3 Å². The molecule has 3 nitrogen and oxygen atoms in total. The van der Waals surface area contributed by atoms with Crippen molar-refractivity contribution in [1.29, 1.82) is 0 Å². The van der Waals surface area contributed by atoms with Gasteiger partial charge in [0.25, 0.3) is 0 Å². The number of rotatable bonds is 6. The number of hydrogen-bond donors (Lipinski definition) is 0. The Morgan fingerprint density at radius 2 is 1.68 bits per heavy atom. The van der Waals surface area contributed by atoms with Crippen molar-refractivity contribution in [2.24, 2.45) is 0 Å². The normalized spacial score (nSPS) is 12.8. The Morgan fingerprint density at radius 1 is 1.16 bits per heavy atom. The second kappa shape index (κ2) is 7.29. The van der Waals surface area contributed by atoms with Gasteiger partial charge in [-0.1, -0.05) is 38.1 Å². The van der Waals surface area contributed by atoms with E-state index in [1.165, 1.54) is 5.56 Å². The molecule has 0 saturated heterocycles. The summed E-state index contributed by atoms with van der Waals surface area (Å²) in [4.78, 5) is 13.7. The molecule has 106 valence electrons. The molecule has 1 atom stereocenters. The van der Waals surface area contributed by atoms with Crippen molar-refractivity contribution in [2.45, 2.75) is 39.2 Å². The number of hydrogen-bond acceptors (Lipinski definition) is 3. The number of nitrogens with zero attached hydrogens (tertiary/aromatic N) is 1. The monoisotopic (exact) mass is 263 g/mol. The minimum atomic E-state index is -0.144. The highest BCUT2D eigenvalue weighted by molar-refractivity contribution is 5.70. The van der Waals surface area contributed by atoms with Gasteiger partial charge in [0.15, 0.2) is 0 Å². The lowest BCUT2D eigenvalue weighted by Crippen LogP contribution is -2.23. The maximum absolute atomic E-state index is 11.7. The van der Waals surface area contributed by atoms with Crippen LogP contribution in [0.15, 0.2) is 24.3 Å². The first-order chi connectivity index (χ1) is 8.95. The summed E-state index contributed by atoms with van der Waals surface area (Å²) >= 11 is 0. The molecule has 0 spiro atoms. The summed E-state index contributed by atoms with van der Waals surface area (Å²) in [6.45, 7) is 6.62. The molecule has 0 aliphatic rings. The van der Waals surface area contributed by atoms with Gasteiger partial charge in [-0.05, 0) is 38.1 Å². The van der Waals surface area contributed by atoms with Crippen LogP contribution in [-0.4, -0.2) is 31.6 Å². The zero-order valence-electron chi connectivity index (χ0n) is 12.6. The maximum Gasteiger partial charge on any atom is 0.307 e. The van der Waals surface area contributed by atoms with Crippen LogP contribution in [0.4, 0.5) is 0 Å². The number of ether oxygens (including phenoxy) is 1. The Bertz CT molecular complexity index is 396. The molecule has 0 aliphatic carbocycles. The van der Waals surface area contributed by atoms with E-state index in [2.05, 4.69) is 43.0 Å². The van der Waals surface area contributed by atoms with E-state index in [9.17, 15) is 4.79 Å². The average Bonchev–Trinajstić information content (AvgIpc) is 2.36. The summed E-state index contributed by atoms with van der Waals surface area (Å²) in [7, 11) is 3.97. The summed E-state index contributed by atoms with van der Waals surface area (Å²) in [5, 5.41) is 0. The van der Waals surface area contributed by atoms with Crippen molar-refractivity contribution >= 4 is 5.97 Å². The van der Waals surface area contributed by atoms with E-state index in [0.29, 0.717) is 18.9 Å². The molecule has 1 rings (SSSR count). The lowest BCUT2D eigenvalue weighted by atomic mass is 9.97. The largest absolute Gasteiger partial charge is 0.466 e. The van der Waals surface area contributed by atoms with Crippen LogP contribution < -0.4 is 0 Å². The Morgan fingerprint density at radius 3 is 2.11 bits per heavy atom. The SMILES string of the molecule is CCOC(=O)CC(c1ccc(C(C)C)cc1)N(C)C. The van der Waals surface area contributed by atoms with Crippen molar-refractivity contribution in [3.63, 3.8) is 0 Å². The van der Waals surface area contributed by atoms with E-state index >= 15 is 0 Å². The van der Waals surface area contributed by atoms with Crippen molar-refractivity contribution in [3.05, 3.63) is 35.4 Å². The molecule has 3 heteroatoms. The molecular weight excluding hydrogens is 238 g/mol. The molecule has 1 unspecified atom stereocenters. The van der Waals surface area contributed by atoms with E-state index in [1.54, 1.807) is 0 Å². The first-order valence-electron chi connectivity index (χ1n) is 6.87. The van der Waals surface area contributed by atoms with E-state index in [4.69, 9.17) is 4.74 Å². The van der Waals surface area contributed by atoms with Gasteiger partial charge in [0.05, 0.1) is 13.0 Å². The van der Waals surface area contributed by atoms with Crippen LogP contribution in [0.3, 0.4) is 0 Å². The smallest absolute Gasteiger partial charge is 0.307 e. The lowest BCUT2D eigenvalue weighted by molar-refractivity contribution is -0.144. The van der Waals surface area contributed by atoms with Crippen LogP contribution in [0, 0.1) is 0 Å². The van der Waals surface area contributed by atoms with Crippen LogP contribution in [-0.2, 0) is 9.53 Å². The molecule has 0 bridgehead atoms. The third-order valence-electron chi connectivity index (χ3n) is 3.28. The fraction of sp³-hybridized carbons (Fsp3) is 0.562. The van der Waals surface area contributed by atoms with Gasteiger partial charge in [0, 0.05) is 6.04 Å². The molecule has 0 saturated carbocycles. The summed E-state index contributed by atoms with van der Waals surface area (Å²) < 4.78 is 5.04. The van der Waals surface area contributed by atoms with Gasteiger partial charge in [-0.3, -0.25) is 4.79 Å². The fourth-order valence-corrected chi connectivity index (χ4v) is 2.08. The van der Waals surface area contributed by atoms with Gasteiger partial charge in [0.1, 0.15) is 0 Å². The predicted octanol–water partition coefficient (Wildman–Crippen LogP) is 3.37. The molecule has 0 fully saturated rings. The van der Waals surface area contributed by atoms with Crippen molar-refractivity contribution < 1.29 is 9.53 Å². The Labute approximate surface area is 116 Å². The molecular formula is C16H25NO2. The lowest BCUT2D eigenvalue weighted by Gasteiger charge is -2.24. The molecule has 0 amide bonds. The van der Waals surface area contributed by atoms with Gasteiger partial charge in [-0.2, -0.15) is 0 Å². The van der Waals surface area contributed by atoms with E-state index < -0.39 is 0 Å². The topological polar surface area (TPSA) is 29.5 Å². The average molecular weight is 263 g/mol. The zero-order valence-corrected chi connectivity index (χ0v) is 12.6.